The number of pyridine rings is 1. The van der Waals surface area contributed by atoms with Gasteiger partial charge in [0.25, 0.3) is 0 Å². The summed E-state index contributed by atoms with van der Waals surface area (Å²) in [7, 11) is 0. The van der Waals surface area contributed by atoms with Crippen LogP contribution in [0.15, 0.2) is 6.07 Å². The molecule has 0 aromatic carbocycles. The Hall–Kier alpha value is -2.00. The molecule has 1 aromatic heterocycles. The highest BCUT2D eigenvalue weighted by Crippen LogP contribution is 2.20. The maximum absolute atomic E-state index is 9.08. The molecule has 16 heavy (non-hydrogen) atoms. The van der Waals surface area contributed by atoms with Gasteiger partial charge in [-0.15, -0.1) is 6.42 Å². The topological polar surface area (TPSA) is 48.7 Å². The van der Waals surface area contributed by atoms with Gasteiger partial charge in [0, 0.05) is 5.69 Å². The molecule has 1 aromatic rings. The molecule has 0 amide bonds. The van der Waals surface area contributed by atoms with Gasteiger partial charge < -0.3 is 5.32 Å². The van der Waals surface area contributed by atoms with E-state index in [1.54, 1.807) is 0 Å². The summed E-state index contributed by atoms with van der Waals surface area (Å²) in [4.78, 5) is 4.31. The minimum atomic E-state index is -0.515. The molecular formula is C13H15N3. The summed E-state index contributed by atoms with van der Waals surface area (Å²) in [5.41, 5.74) is 1.81. The number of anilines is 1. The molecule has 1 rings (SSSR count). The first kappa shape index (κ1) is 12.1. The number of hydrogen-bond acceptors (Lipinski definition) is 3. The highest BCUT2D eigenvalue weighted by Gasteiger charge is 2.17. The summed E-state index contributed by atoms with van der Waals surface area (Å²) >= 11 is 0. The van der Waals surface area contributed by atoms with Crippen molar-refractivity contribution in [3.63, 3.8) is 0 Å². The fourth-order valence-corrected chi connectivity index (χ4v) is 1.40. The predicted octanol–water partition coefficient (Wildman–Crippen LogP) is 2.39. The quantitative estimate of drug-likeness (QED) is 0.767. The van der Waals surface area contributed by atoms with Crippen LogP contribution in [0.5, 0.6) is 0 Å². The molecule has 0 atom stereocenters. The van der Waals surface area contributed by atoms with E-state index in [1.165, 1.54) is 0 Å². The zero-order valence-electron chi connectivity index (χ0n) is 10.0. The maximum Gasteiger partial charge on any atom is 0.145 e. The van der Waals surface area contributed by atoms with E-state index >= 15 is 0 Å². The average molecular weight is 213 g/mol. The summed E-state index contributed by atoms with van der Waals surface area (Å²) in [5.74, 6) is 3.18. The summed E-state index contributed by atoms with van der Waals surface area (Å²) < 4.78 is 0. The molecule has 3 heteroatoms. The Bertz CT molecular complexity index is 487. The van der Waals surface area contributed by atoms with Gasteiger partial charge in [0.15, 0.2) is 0 Å². The van der Waals surface area contributed by atoms with E-state index in [2.05, 4.69) is 22.3 Å². The smallest absolute Gasteiger partial charge is 0.145 e. The third-order valence-corrected chi connectivity index (χ3v) is 2.25. The molecule has 1 N–H and O–H groups in total. The molecule has 82 valence electrons. The molecule has 0 bridgehead atoms. The highest BCUT2D eigenvalue weighted by atomic mass is 15.0. The van der Waals surface area contributed by atoms with Crippen molar-refractivity contribution in [3.8, 4) is 18.4 Å². The molecular weight excluding hydrogens is 198 g/mol. The van der Waals surface area contributed by atoms with Gasteiger partial charge in [-0.2, -0.15) is 5.26 Å². The Balaban J connectivity index is 3.25. The van der Waals surface area contributed by atoms with Crippen LogP contribution < -0.4 is 5.32 Å². The van der Waals surface area contributed by atoms with Crippen molar-refractivity contribution in [1.82, 2.24) is 4.98 Å². The molecule has 0 fully saturated rings. The van der Waals surface area contributed by atoms with E-state index in [4.69, 9.17) is 11.7 Å². The number of rotatable bonds is 2. The number of nitrogens with zero attached hydrogens (tertiary/aromatic N) is 2. The zero-order valence-corrected chi connectivity index (χ0v) is 10.0. The van der Waals surface area contributed by atoms with Crippen molar-refractivity contribution >= 4 is 5.82 Å². The Morgan fingerprint density at radius 1 is 1.44 bits per heavy atom. The Morgan fingerprint density at radius 2 is 2.06 bits per heavy atom. The first-order chi connectivity index (χ1) is 7.39. The summed E-state index contributed by atoms with van der Waals surface area (Å²) in [6.07, 6.45) is 5.40. The molecule has 0 saturated heterocycles. The lowest BCUT2D eigenvalue weighted by Gasteiger charge is -2.21. The molecule has 3 nitrogen and oxygen atoms in total. The molecule has 0 aliphatic rings. The number of hydrogen-bond donors (Lipinski definition) is 1. The molecule has 0 radical (unpaired) electrons. The van der Waals surface area contributed by atoms with E-state index < -0.39 is 5.54 Å². The van der Waals surface area contributed by atoms with Crippen LogP contribution in [0.3, 0.4) is 0 Å². The van der Waals surface area contributed by atoms with Crippen LogP contribution in [0.25, 0.3) is 0 Å². The fourth-order valence-electron chi connectivity index (χ4n) is 1.40. The second-order valence-corrected chi connectivity index (χ2v) is 4.31. The third kappa shape index (κ3) is 2.52. The lowest BCUT2D eigenvalue weighted by molar-refractivity contribution is 0.734. The van der Waals surface area contributed by atoms with Gasteiger partial charge in [-0.1, -0.05) is 5.92 Å². The van der Waals surface area contributed by atoms with Crippen molar-refractivity contribution in [2.24, 2.45) is 0 Å². The van der Waals surface area contributed by atoms with Crippen molar-refractivity contribution in [1.29, 1.82) is 5.26 Å². The number of aryl methyl sites for hydroxylation is 2. The Morgan fingerprint density at radius 3 is 2.56 bits per heavy atom. The van der Waals surface area contributed by atoms with Crippen LogP contribution in [0, 0.1) is 37.5 Å². The van der Waals surface area contributed by atoms with Crippen LogP contribution >= 0.6 is 0 Å². The zero-order chi connectivity index (χ0) is 12.3. The van der Waals surface area contributed by atoms with Gasteiger partial charge in [0.2, 0.25) is 0 Å². The third-order valence-electron chi connectivity index (χ3n) is 2.25. The number of terminal acetylenes is 1. The van der Waals surface area contributed by atoms with Gasteiger partial charge in [-0.25, -0.2) is 4.98 Å². The van der Waals surface area contributed by atoms with Gasteiger partial charge in [-0.3, -0.25) is 0 Å². The SMILES string of the molecule is C#CC(C)(C)Nc1nc(C)cc(C)c1C#N. The molecule has 0 unspecified atom stereocenters. The number of aromatic nitrogens is 1. The molecule has 0 aliphatic heterocycles. The van der Waals surface area contributed by atoms with Crippen molar-refractivity contribution in [2.75, 3.05) is 5.32 Å². The van der Waals surface area contributed by atoms with Crippen LogP contribution in [0.1, 0.15) is 30.7 Å². The van der Waals surface area contributed by atoms with Gasteiger partial charge >= 0.3 is 0 Å². The minimum Gasteiger partial charge on any atom is -0.353 e. The van der Waals surface area contributed by atoms with Gasteiger partial charge in [0.1, 0.15) is 11.9 Å². The summed E-state index contributed by atoms with van der Waals surface area (Å²) in [6, 6.07) is 4.03. The standard InChI is InChI=1S/C13H15N3/c1-6-13(4,5)16-12-11(8-14)9(2)7-10(3)15-12/h1,7H,2-5H3,(H,15,16). The normalized spacial score (nSPS) is 10.4. The van der Waals surface area contributed by atoms with Crippen LogP contribution in [-0.4, -0.2) is 10.5 Å². The second kappa shape index (κ2) is 4.24. The van der Waals surface area contributed by atoms with Gasteiger partial charge in [0.05, 0.1) is 11.1 Å². The van der Waals surface area contributed by atoms with E-state index in [0.29, 0.717) is 11.4 Å². The number of nitrogens with one attached hydrogen (secondary N) is 1. The lowest BCUT2D eigenvalue weighted by Crippen LogP contribution is -2.29. The van der Waals surface area contributed by atoms with E-state index in [1.807, 2.05) is 33.8 Å². The van der Waals surface area contributed by atoms with E-state index in [9.17, 15) is 0 Å². The first-order valence-electron chi connectivity index (χ1n) is 5.04. The van der Waals surface area contributed by atoms with Gasteiger partial charge in [-0.05, 0) is 39.3 Å². The van der Waals surface area contributed by atoms with Crippen molar-refractivity contribution in [3.05, 3.63) is 22.9 Å². The second-order valence-electron chi connectivity index (χ2n) is 4.31. The lowest BCUT2D eigenvalue weighted by atomic mass is 10.1. The predicted molar refractivity (Wildman–Crippen MR) is 65.0 cm³/mol. The molecule has 0 saturated carbocycles. The monoisotopic (exact) mass is 213 g/mol. The van der Waals surface area contributed by atoms with Crippen molar-refractivity contribution < 1.29 is 0 Å². The first-order valence-corrected chi connectivity index (χ1v) is 5.04. The fraction of sp³-hybridized carbons (Fsp3) is 0.385. The van der Waals surface area contributed by atoms with Crippen LogP contribution in [0.4, 0.5) is 5.82 Å². The highest BCUT2D eigenvalue weighted by molar-refractivity contribution is 5.58. The summed E-state index contributed by atoms with van der Waals surface area (Å²) in [6.45, 7) is 7.52. The summed E-state index contributed by atoms with van der Waals surface area (Å²) in [5, 5.41) is 12.2. The minimum absolute atomic E-state index is 0.515. The van der Waals surface area contributed by atoms with Crippen LogP contribution in [0.2, 0.25) is 0 Å². The largest absolute Gasteiger partial charge is 0.353 e. The molecule has 1 heterocycles. The molecule has 0 spiro atoms. The average Bonchev–Trinajstić information content (AvgIpc) is 2.16. The molecule has 0 aliphatic carbocycles. The maximum atomic E-state index is 9.08. The number of nitriles is 1. The van der Waals surface area contributed by atoms with E-state index in [-0.39, 0.29) is 0 Å². The van der Waals surface area contributed by atoms with E-state index in [0.717, 1.165) is 11.3 Å². The van der Waals surface area contributed by atoms with Crippen LogP contribution in [-0.2, 0) is 0 Å². The Kier molecular flexibility index (Phi) is 3.20. The Labute approximate surface area is 96.5 Å². The van der Waals surface area contributed by atoms with Crippen molar-refractivity contribution in [2.45, 2.75) is 33.2 Å².